The van der Waals surface area contributed by atoms with Crippen molar-refractivity contribution in [3.8, 4) is 5.75 Å². The van der Waals surface area contributed by atoms with Crippen molar-refractivity contribution < 1.29 is 14.3 Å². The molecule has 0 radical (unpaired) electrons. The van der Waals surface area contributed by atoms with E-state index >= 15 is 0 Å². The monoisotopic (exact) mass is 368 g/mol. The van der Waals surface area contributed by atoms with Crippen LogP contribution in [0.1, 0.15) is 34.3 Å². The Balaban J connectivity index is 1.57. The summed E-state index contributed by atoms with van der Waals surface area (Å²) in [5.74, 6) is 0.821. The maximum atomic E-state index is 12.8. The summed E-state index contributed by atoms with van der Waals surface area (Å²) in [7, 11) is 3.35. The van der Waals surface area contributed by atoms with Crippen LogP contribution >= 0.6 is 0 Å². The van der Waals surface area contributed by atoms with E-state index < -0.39 is 0 Å². The molecule has 0 atom stereocenters. The summed E-state index contributed by atoms with van der Waals surface area (Å²) in [5.41, 5.74) is 2.45. The number of fused-ring (bicyclic) bond motifs is 2. The minimum atomic E-state index is -0.388. The number of piperidine rings is 1. The van der Waals surface area contributed by atoms with Crippen molar-refractivity contribution in [3.05, 3.63) is 63.6 Å². The van der Waals surface area contributed by atoms with Crippen molar-refractivity contribution >= 4 is 5.91 Å². The van der Waals surface area contributed by atoms with E-state index in [1.165, 1.54) is 16.2 Å². The molecule has 3 heterocycles. The van der Waals surface area contributed by atoms with Crippen molar-refractivity contribution in [2.75, 3.05) is 26.8 Å². The van der Waals surface area contributed by atoms with Crippen molar-refractivity contribution in [2.45, 2.75) is 24.9 Å². The molecule has 1 fully saturated rings. The minimum absolute atomic E-state index is 0.0449. The Morgan fingerprint density at radius 2 is 1.96 bits per heavy atom. The van der Waals surface area contributed by atoms with E-state index in [1.54, 1.807) is 26.4 Å². The Morgan fingerprint density at radius 3 is 2.67 bits per heavy atom. The molecule has 1 aromatic carbocycles. The summed E-state index contributed by atoms with van der Waals surface area (Å²) in [5, 5.41) is 0. The van der Waals surface area contributed by atoms with Gasteiger partial charge in [-0.05, 0) is 37.0 Å². The van der Waals surface area contributed by atoms with E-state index in [4.69, 9.17) is 9.47 Å². The number of likely N-dealkylation sites (tertiary alicyclic amines) is 1. The molecule has 0 bridgehead atoms. The third-order valence-corrected chi connectivity index (χ3v) is 5.73. The van der Waals surface area contributed by atoms with E-state index in [2.05, 4.69) is 6.07 Å². The van der Waals surface area contributed by atoms with Crippen LogP contribution in [0.2, 0.25) is 0 Å². The van der Waals surface area contributed by atoms with Gasteiger partial charge in [0.25, 0.3) is 5.91 Å². The molecule has 0 N–H and O–H groups in total. The van der Waals surface area contributed by atoms with Crippen molar-refractivity contribution in [3.63, 3.8) is 0 Å². The second-order valence-electron chi connectivity index (χ2n) is 7.25. The molecule has 6 nitrogen and oxygen atoms in total. The van der Waals surface area contributed by atoms with Crippen LogP contribution in [0.5, 0.6) is 5.75 Å². The highest BCUT2D eigenvalue weighted by Crippen LogP contribution is 2.45. The number of rotatable bonds is 2. The third-order valence-electron chi connectivity index (χ3n) is 5.73. The van der Waals surface area contributed by atoms with E-state index in [-0.39, 0.29) is 17.1 Å². The molecule has 27 heavy (non-hydrogen) atoms. The largest absolute Gasteiger partial charge is 0.496 e. The number of carbonyl (C=O) groups is 1. The van der Waals surface area contributed by atoms with Gasteiger partial charge in [-0.15, -0.1) is 0 Å². The van der Waals surface area contributed by atoms with Crippen molar-refractivity contribution in [1.29, 1.82) is 0 Å². The lowest BCUT2D eigenvalue weighted by molar-refractivity contribution is -0.0946. The zero-order valence-corrected chi connectivity index (χ0v) is 15.7. The number of aromatic nitrogens is 1. The number of amides is 1. The fraction of sp³-hybridized carbons (Fsp3) is 0.429. The van der Waals surface area contributed by atoms with Crippen LogP contribution in [-0.4, -0.2) is 42.2 Å². The predicted octanol–water partition coefficient (Wildman–Crippen LogP) is 2.10. The maximum absolute atomic E-state index is 12.8. The first-order valence-corrected chi connectivity index (χ1v) is 9.30. The lowest BCUT2D eigenvalue weighted by Gasteiger charge is -2.45. The van der Waals surface area contributed by atoms with Gasteiger partial charge in [0.1, 0.15) is 11.4 Å². The van der Waals surface area contributed by atoms with Crippen LogP contribution < -0.4 is 10.3 Å². The lowest BCUT2D eigenvalue weighted by atomic mass is 9.78. The van der Waals surface area contributed by atoms with E-state index in [1.807, 2.05) is 17.0 Å². The molecule has 1 spiro atoms. The first kappa shape index (κ1) is 17.8. The van der Waals surface area contributed by atoms with Gasteiger partial charge in [-0.3, -0.25) is 9.59 Å². The first-order chi connectivity index (χ1) is 13.0. The summed E-state index contributed by atoms with van der Waals surface area (Å²) >= 11 is 0. The molecule has 2 aliphatic rings. The highest BCUT2D eigenvalue weighted by Gasteiger charge is 2.43. The number of hydrogen-bond acceptors (Lipinski definition) is 4. The average Bonchev–Trinajstić information content (AvgIpc) is 2.70. The van der Waals surface area contributed by atoms with Gasteiger partial charge < -0.3 is 18.9 Å². The number of nitrogens with zero attached hydrogens (tertiary/aromatic N) is 2. The van der Waals surface area contributed by atoms with Crippen LogP contribution in [0.25, 0.3) is 0 Å². The van der Waals surface area contributed by atoms with Gasteiger partial charge in [-0.1, -0.05) is 12.1 Å². The quantitative estimate of drug-likeness (QED) is 0.815. The van der Waals surface area contributed by atoms with Crippen LogP contribution in [0.4, 0.5) is 0 Å². The molecule has 4 rings (SSSR count). The van der Waals surface area contributed by atoms with E-state index in [9.17, 15) is 9.59 Å². The standard InChI is InChI=1S/C21H24N2O4/c1-22-14-16(6-7-18(22)24)20(25)23-11-9-21(10-12-23)19-15(8-13-27-21)4-3-5-17(19)26-2/h3-7,14H,8-13H2,1-2H3. The van der Waals surface area contributed by atoms with Gasteiger partial charge in [-0.2, -0.15) is 0 Å². The van der Waals surface area contributed by atoms with Gasteiger partial charge >= 0.3 is 0 Å². The molecule has 142 valence electrons. The molecule has 0 aliphatic carbocycles. The number of ether oxygens (including phenoxy) is 2. The highest BCUT2D eigenvalue weighted by molar-refractivity contribution is 5.94. The van der Waals surface area contributed by atoms with Gasteiger partial charge in [0, 0.05) is 38.0 Å². The third kappa shape index (κ3) is 3.04. The molecular weight excluding hydrogens is 344 g/mol. The summed E-state index contributed by atoms with van der Waals surface area (Å²) < 4.78 is 13.3. The second kappa shape index (κ2) is 6.85. The van der Waals surface area contributed by atoms with Gasteiger partial charge in [0.2, 0.25) is 5.56 Å². The summed E-state index contributed by atoms with van der Waals surface area (Å²) in [6.45, 7) is 1.91. The SMILES string of the molecule is COc1cccc2c1C1(CCN(C(=O)c3ccc(=O)n(C)c3)CC1)OCC2. The van der Waals surface area contributed by atoms with Crippen molar-refractivity contribution in [2.24, 2.45) is 7.05 Å². The predicted molar refractivity (Wildman–Crippen MR) is 101 cm³/mol. The highest BCUT2D eigenvalue weighted by atomic mass is 16.5. The molecule has 6 heteroatoms. The zero-order chi connectivity index (χ0) is 19.0. The Hall–Kier alpha value is -2.60. The normalized spacial score (nSPS) is 18.2. The van der Waals surface area contributed by atoms with Crippen molar-refractivity contribution in [1.82, 2.24) is 9.47 Å². The number of carbonyl (C=O) groups excluding carboxylic acids is 1. The minimum Gasteiger partial charge on any atom is -0.496 e. The first-order valence-electron chi connectivity index (χ1n) is 9.30. The second-order valence-corrected chi connectivity index (χ2v) is 7.25. The number of hydrogen-bond donors (Lipinski definition) is 0. The Bertz CT molecular complexity index is 912. The van der Waals surface area contributed by atoms with E-state index in [0.717, 1.165) is 30.6 Å². The van der Waals surface area contributed by atoms with E-state index in [0.29, 0.717) is 25.3 Å². The Kier molecular flexibility index (Phi) is 4.52. The van der Waals surface area contributed by atoms with Crippen LogP contribution in [-0.2, 0) is 23.8 Å². The van der Waals surface area contributed by atoms with Crippen LogP contribution in [0, 0.1) is 0 Å². The van der Waals surface area contributed by atoms with Crippen LogP contribution in [0.3, 0.4) is 0 Å². The van der Waals surface area contributed by atoms with Gasteiger partial charge in [0.05, 0.1) is 19.3 Å². The summed E-state index contributed by atoms with van der Waals surface area (Å²) in [6, 6.07) is 9.19. The fourth-order valence-electron chi connectivity index (χ4n) is 4.27. The lowest BCUT2D eigenvalue weighted by Crippen LogP contribution is -2.48. The average molecular weight is 368 g/mol. The van der Waals surface area contributed by atoms with Gasteiger partial charge in [-0.25, -0.2) is 0 Å². The molecule has 1 amide bonds. The number of aryl methyl sites for hydroxylation is 1. The van der Waals surface area contributed by atoms with Crippen LogP contribution in [0.15, 0.2) is 41.3 Å². The molecule has 0 saturated carbocycles. The molecule has 1 aromatic heterocycles. The van der Waals surface area contributed by atoms with Gasteiger partial charge in [0.15, 0.2) is 0 Å². The molecule has 1 saturated heterocycles. The molecular formula is C21H24N2O4. The summed E-state index contributed by atoms with van der Waals surface area (Å²) in [6.07, 6.45) is 3.95. The summed E-state index contributed by atoms with van der Waals surface area (Å²) in [4.78, 5) is 26.3. The number of methoxy groups -OCH3 is 1. The molecule has 0 unspecified atom stereocenters. The zero-order valence-electron chi connectivity index (χ0n) is 15.7. The Labute approximate surface area is 158 Å². The Morgan fingerprint density at radius 1 is 1.19 bits per heavy atom. The molecule has 2 aliphatic heterocycles. The maximum Gasteiger partial charge on any atom is 0.255 e. The fourth-order valence-corrected chi connectivity index (χ4v) is 4.27. The number of benzene rings is 1. The molecule has 2 aromatic rings. The number of pyridine rings is 1. The topological polar surface area (TPSA) is 60.8 Å². The smallest absolute Gasteiger partial charge is 0.255 e.